The molecule has 0 radical (unpaired) electrons. The van der Waals surface area contributed by atoms with Gasteiger partial charge in [0.2, 0.25) is 0 Å². The van der Waals surface area contributed by atoms with Crippen molar-refractivity contribution in [3.8, 4) is 11.4 Å². The first-order valence-electron chi connectivity index (χ1n) is 6.33. The van der Waals surface area contributed by atoms with E-state index in [1.165, 1.54) is 13.8 Å². The number of aromatic nitrogens is 2. The number of nitrogens with zero attached hydrogens (tertiary/aromatic N) is 2. The molecule has 0 amide bonds. The van der Waals surface area contributed by atoms with Crippen LogP contribution in [0, 0.1) is 3.57 Å². The Morgan fingerprint density at radius 3 is 2.60 bits per heavy atom. The summed E-state index contributed by atoms with van der Waals surface area (Å²) < 4.78 is 1.31. The lowest BCUT2D eigenvalue weighted by Crippen LogP contribution is -1.92. The summed E-state index contributed by atoms with van der Waals surface area (Å²) in [4.78, 5) is 12.0. The number of thioether (sulfide) groups is 1. The third-order valence-electron chi connectivity index (χ3n) is 3.07. The molecule has 0 aliphatic rings. The highest BCUT2D eigenvalue weighted by Gasteiger charge is 2.16. The number of benzene rings is 1. The van der Waals surface area contributed by atoms with Gasteiger partial charge in [0.15, 0.2) is 5.82 Å². The van der Waals surface area contributed by atoms with Gasteiger partial charge < -0.3 is 0 Å². The van der Waals surface area contributed by atoms with Crippen molar-refractivity contribution in [2.45, 2.75) is 18.4 Å². The van der Waals surface area contributed by atoms with Crippen LogP contribution >= 0.6 is 45.7 Å². The Morgan fingerprint density at radius 1 is 1.20 bits per heavy atom. The quantitative estimate of drug-likeness (QED) is 0.334. The molecule has 0 atom stereocenters. The first kappa shape index (κ1) is 14.3. The largest absolute Gasteiger partial charge is 0.221 e. The molecule has 0 fully saturated rings. The molecule has 0 spiro atoms. The maximum Gasteiger partial charge on any atom is 0.162 e. The van der Waals surface area contributed by atoms with Crippen LogP contribution in [-0.4, -0.2) is 16.2 Å². The van der Waals surface area contributed by atoms with E-state index in [1.807, 2.05) is 18.2 Å². The first-order chi connectivity index (χ1) is 9.74. The standard InChI is InChI=1S/C15H13IN2S2/c1-3-10-12(16)11-14(19-2)17-13(18-15(11)20-10)9-7-5-4-6-8-9/h4-8H,3H2,1-2H3. The van der Waals surface area contributed by atoms with E-state index < -0.39 is 0 Å². The highest BCUT2D eigenvalue weighted by atomic mass is 127. The van der Waals surface area contributed by atoms with Crippen LogP contribution in [0.25, 0.3) is 21.6 Å². The maximum absolute atomic E-state index is 4.77. The molecular weight excluding hydrogens is 399 g/mol. The number of fused-ring (bicyclic) bond motifs is 1. The molecule has 0 saturated heterocycles. The van der Waals surface area contributed by atoms with Crippen LogP contribution in [0.4, 0.5) is 0 Å². The van der Waals surface area contributed by atoms with Crippen LogP contribution in [0.2, 0.25) is 0 Å². The Labute approximate surface area is 140 Å². The minimum atomic E-state index is 0.822. The molecule has 0 unspecified atom stereocenters. The molecule has 0 bridgehead atoms. The van der Waals surface area contributed by atoms with Crippen LogP contribution in [0.1, 0.15) is 11.8 Å². The van der Waals surface area contributed by atoms with Crippen LogP contribution in [0.3, 0.4) is 0 Å². The Bertz CT molecular complexity index is 753. The molecule has 0 aliphatic carbocycles. The van der Waals surface area contributed by atoms with E-state index in [0.717, 1.165) is 27.7 Å². The smallest absolute Gasteiger partial charge is 0.162 e. The molecule has 2 nitrogen and oxygen atoms in total. The van der Waals surface area contributed by atoms with E-state index in [0.29, 0.717) is 0 Å². The van der Waals surface area contributed by atoms with Crippen LogP contribution in [0.15, 0.2) is 35.4 Å². The zero-order valence-corrected chi connectivity index (χ0v) is 15.0. The number of hydrogen-bond acceptors (Lipinski definition) is 4. The van der Waals surface area contributed by atoms with Crippen molar-refractivity contribution in [3.05, 3.63) is 38.8 Å². The van der Waals surface area contributed by atoms with Crippen molar-refractivity contribution in [1.29, 1.82) is 0 Å². The lowest BCUT2D eigenvalue weighted by Gasteiger charge is -2.04. The van der Waals surface area contributed by atoms with E-state index >= 15 is 0 Å². The monoisotopic (exact) mass is 412 g/mol. The van der Waals surface area contributed by atoms with Gasteiger partial charge in [-0.3, -0.25) is 0 Å². The maximum atomic E-state index is 4.77. The first-order valence-corrected chi connectivity index (χ1v) is 9.45. The summed E-state index contributed by atoms with van der Waals surface area (Å²) >= 11 is 5.91. The average molecular weight is 412 g/mol. The molecule has 102 valence electrons. The fourth-order valence-corrected chi connectivity index (χ4v) is 5.31. The third kappa shape index (κ3) is 2.46. The van der Waals surface area contributed by atoms with Gasteiger partial charge in [-0.25, -0.2) is 9.97 Å². The van der Waals surface area contributed by atoms with Crippen molar-refractivity contribution in [2.75, 3.05) is 6.26 Å². The van der Waals surface area contributed by atoms with Crippen LogP contribution < -0.4 is 0 Å². The average Bonchev–Trinajstić information content (AvgIpc) is 2.83. The molecule has 1 aromatic carbocycles. The van der Waals surface area contributed by atoms with Gasteiger partial charge in [-0.15, -0.1) is 23.1 Å². The van der Waals surface area contributed by atoms with Crippen LogP contribution in [-0.2, 0) is 6.42 Å². The lowest BCUT2D eigenvalue weighted by atomic mass is 10.2. The summed E-state index contributed by atoms with van der Waals surface area (Å²) in [6.07, 6.45) is 3.13. The molecule has 3 aromatic rings. The second-order valence-electron chi connectivity index (χ2n) is 4.30. The van der Waals surface area contributed by atoms with Crippen molar-refractivity contribution < 1.29 is 0 Å². The minimum absolute atomic E-state index is 0.822. The molecule has 2 aromatic heterocycles. The summed E-state index contributed by atoms with van der Waals surface area (Å²) in [5, 5.41) is 2.30. The molecule has 0 N–H and O–H groups in total. The zero-order valence-electron chi connectivity index (χ0n) is 11.2. The number of rotatable bonds is 3. The molecule has 0 aliphatic heterocycles. The zero-order chi connectivity index (χ0) is 14.1. The van der Waals surface area contributed by atoms with Gasteiger partial charge in [0.1, 0.15) is 9.86 Å². The molecule has 3 rings (SSSR count). The van der Waals surface area contributed by atoms with Crippen molar-refractivity contribution in [3.63, 3.8) is 0 Å². The molecule has 20 heavy (non-hydrogen) atoms. The summed E-state index contributed by atoms with van der Waals surface area (Å²) in [7, 11) is 0. The third-order valence-corrected chi connectivity index (χ3v) is 6.54. The van der Waals surface area contributed by atoms with E-state index in [-0.39, 0.29) is 0 Å². The van der Waals surface area contributed by atoms with E-state index in [2.05, 4.69) is 47.9 Å². The normalized spacial score (nSPS) is 11.2. The molecule has 2 heterocycles. The summed E-state index contributed by atoms with van der Waals surface area (Å²) in [6.45, 7) is 2.19. The fourth-order valence-electron chi connectivity index (χ4n) is 2.07. The van der Waals surface area contributed by atoms with Gasteiger partial charge in [0.25, 0.3) is 0 Å². The number of hydrogen-bond donors (Lipinski definition) is 0. The van der Waals surface area contributed by atoms with E-state index in [4.69, 9.17) is 9.97 Å². The van der Waals surface area contributed by atoms with Gasteiger partial charge in [-0.1, -0.05) is 37.3 Å². The van der Waals surface area contributed by atoms with Gasteiger partial charge in [-0.2, -0.15) is 0 Å². The summed E-state index contributed by atoms with van der Waals surface area (Å²) in [5.74, 6) is 0.822. The highest BCUT2D eigenvalue weighted by molar-refractivity contribution is 14.1. The molecule has 5 heteroatoms. The van der Waals surface area contributed by atoms with Crippen molar-refractivity contribution >= 4 is 55.9 Å². The Morgan fingerprint density at radius 2 is 1.95 bits per heavy atom. The minimum Gasteiger partial charge on any atom is -0.221 e. The second-order valence-corrected chi connectivity index (χ2v) is 7.25. The predicted molar refractivity (Wildman–Crippen MR) is 96.7 cm³/mol. The topological polar surface area (TPSA) is 25.8 Å². The SMILES string of the molecule is CCc1sc2nc(-c3ccccc3)nc(SC)c2c1I. The second kappa shape index (κ2) is 5.99. The van der Waals surface area contributed by atoms with E-state index in [9.17, 15) is 0 Å². The Kier molecular flexibility index (Phi) is 4.28. The lowest BCUT2D eigenvalue weighted by molar-refractivity contribution is 1.11. The van der Waals surface area contributed by atoms with E-state index in [1.54, 1.807) is 23.1 Å². The Balaban J connectivity index is 2.27. The predicted octanol–water partition coefficient (Wildman–Crippen LogP) is 5.25. The number of halogens is 1. The molecular formula is C15H13IN2S2. The van der Waals surface area contributed by atoms with Gasteiger partial charge in [-0.05, 0) is 35.3 Å². The van der Waals surface area contributed by atoms with Gasteiger partial charge >= 0.3 is 0 Å². The molecule has 0 saturated carbocycles. The van der Waals surface area contributed by atoms with Gasteiger partial charge in [0, 0.05) is 14.0 Å². The Hall–Kier alpha value is -0.660. The number of thiophene rings is 1. The van der Waals surface area contributed by atoms with Crippen LogP contribution in [0.5, 0.6) is 0 Å². The van der Waals surface area contributed by atoms with Crippen molar-refractivity contribution in [2.24, 2.45) is 0 Å². The summed E-state index contributed by atoms with van der Waals surface area (Å²) in [5.41, 5.74) is 1.08. The number of aryl methyl sites for hydroxylation is 1. The van der Waals surface area contributed by atoms with Gasteiger partial charge in [0.05, 0.1) is 5.39 Å². The van der Waals surface area contributed by atoms with Crippen molar-refractivity contribution in [1.82, 2.24) is 9.97 Å². The summed E-state index contributed by atoms with van der Waals surface area (Å²) in [6, 6.07) is 10.2. The highest BCUT2D eigenvalue weighted by Crippen LogP contribution is 2.37. The fraction of sp³-hybridized carbons (Fsp3) is 0.200.